The molecule has 92 valence electrons. The number of benzene rings is 1. The number of carbonyl (C=O) groups is 1. The Balaban J connectivity index is 2.62. The second-order valence-corrected chi connectivity index (χ2v) is 3.42. The smallest absolute Gasteiger partial charge is 0.238 e. The molecule has 0 heterocycles. The number of hydrogen-bond acceptors (Lipinski definition) is 3. The van der Waals surface area contributed by atoms with Crippen molar-refractivity contribution in [2.45, 2.75) is 6.92 Å². The molecule has 17 heavy (non-hydrogen) atoms. The van der Waals surface area contributed by atoms with Crippen LogP contribution in [0.2, 0.25) is 0 Å². The van der Waals surface area contributed by atoms with Crippen molar-refractivity contribution < 1.29 is 9.53 Å². The monoisotopic (exact) mass is 234 g/mol. The fourth-order valence-electron chi connectivity index (χ4n) is 1.28. The summed E-state index contributed by atoms with van der Waals surface area (Å²) < 4.78 is 5.44. The summed E-state index contributed by atoms with van der Waals surface area (Å²) >= 11 is 0. The van der Waals surface area contributed by atoms with Crippen LogP contribution in [0.5, 0.6) is 5.75 Å². The number of ether oxygens (including phenoxy) is 1. The lowest BCUT2D eigenvalue weighted by molar-refractivity contribution is -0.115. The molecule has 4 nitrogen and oxygen atoms in total. The van der Waals surface area contributed by atoms with E-state index < -0.39 is 0 Å². The van der Waals surface area contributed by atoms with Crippen LogP contribution in [0.3, 0.4) is 0 Å². The van der Waals surface area contributed by atoms with Crippen molar-refractivity contribution in [2.75, 3.05) is 25.0 Å². The van der Waals surface area contributed by atoms with Crippen LogP contribution >= 0.6 is 0 Å². The quantitative estimate of drug-likeness (QED) is 0.707. The largest absolute Gasteiger partial charge is 0.487 e. The van der Waals surface area contributed by atoms with E-state index in [4.69, 9.17) is 4.74 Å². The van der Waals surface area contributed by atoms with Crippen molar-refractivity contribution in [3.05, 3.63) is 36.9 Å². The van der Waals surface area contributed by atoms with Crippen LogP contribution in [0.4, 0.5) is 5.69 Å². The van der Waals surface area contributed by atoms with Crippen LogP contribution in [0.25, 0.3) is 0 Å². The summed E-state index contributed by atoms with van der Waals surface area (Å²) in [7, 11) is 0. The lowest BCUT2D eigenvalue weighted by Gasteiger charge is -2.11. The second kappa shape index (κ2) is 7.46. The van der Waals surface area contributed by atoms with Crippen LogP contribution in [0.15, 0.2) is 36.9 Å². The molecule has 1 rings (SSSR count). The number of hydrogen-bond donors (Lipinski definition) is 2. The van der Waals surface area contributed by atoms with Crippen LogP contribution < -0.4 is 15.4 Å². The average molecular weight is 234 g/mol. The molecule has 0 fully saturated rings. The lowest BCUT2D eigenvalue weighted by Crippen LogP contribution is -2.27. The molecular formula is C13H18N2O2. The zero-order chi connectivity index (χ0) is 12.5. The summed E-state index contributed by atoms with van der Waals surface area (Å²) in [6, 6.07) is 7.33. The first-order valence-electron chi connectivity index (χ1n) is 5.61. The van der Waals surface area contributed by atoms with Gasteiger partial charge in [0.25, 0.3) is 0 Å². The van der Waals surface area contributed by atoms with E-state index in [1.807, 2.05) is 31.2 Å². The van der Waals surface area contributed by atoms with Gasteiger partial charge in [-0.25, -0.2) is 0 Å². The molecule has 1 aromatic rings. The van der Waals surface area contributed by atoms with E-state index in [1.54, 1.807) is 6.08 Å². The van der Waals surface area contributed by atoms with Crippen molar-refractivity contribution in [3.8, 4) is 5.75 Å². The molecule has 0 saturated carbocycles. The fraction of sp³-hybridized carbons (Fsp3) is 0.308. The standard InChI is InChI=1S/C13H18N2O2/c1-3-9-17-12-8-6-5-7-11(12)15-13(16)10-14-4-2/h3,5-8,14H,1,4,9-10H2,2H3,(H,15,16). The Bertz CT molecular complexity index is 377. The summed E-state index contributed by atoms with van der Waals surface area (Å²) in [6.45, 7) is 7.02. The maximum absolute atomic E-state index is 11.5. The van der Waals surface area contributed by atoms with Gasteiger partial charge < -0.3 is 15.4 Å². The first-order valence-corrected chi connectivity index (χ1v) is 5.61. The number of rotatable bonds is 7. The van der Waals surface area contributed by atoms with Gasteiger partial charge in [0.2, 0.25) is 5.91 Å². The maximum Gasteiger partial charge on any atom is 0.238 e. The fourth-order valence-corrected chi connectivity index (χ4v) is 1.28. The van der Waals surface area contributed by atoms with Crippen LogP contribution in [0.1, 0.15) is 6.92 Å². The molecule has 0 bridgehead atoms. The second-order valence-electron chi connectivity index (χ2n) is 3.42. The molecule has 0 unspecified atom stereocenters. The Morgan fingerprint density at radius 3 is 2.94 bits per heavy atom. The van der Waals surface area contributed by atoms with E-state index in [0.717, 1.165) is 6.54 Å². The van der Waals surface area contributed by atoms with E-state index in [-0.39, 0.29) is 5.91 Å². The third kappa shape index (κ3) is 4.70. The lowest BCUT2D eigenvalue weighted by atomic mass is 10.3. The summed E-state index contributed by atoms with van der Waals surface area (Å²) in [4.78, 5) is 11.5. The average Bonchev–Trinajstić information content (AvgIpc) is 2.35. The minimum absolute atomic E-state index is 0.0819. The number of amides is 1. The third-order valence-corrected chi connectivity index (χ3v) is 2.05. The Labute approximate surface area is 102 Å². The highest BCUT2D eigenvalue weighted by Crippen LogP contribution is 2.23. The number of nitrogens with one attached hydrogen (secondary N) is 2. The SMILES string of the molecule is C=CCOc1ccccc1NC(=O)CNCC. The van der Waals surface area contributed by atoms with Crippen molar-refractivity contribution in [1.82, 2.24) is 5.32 Å². The highest BCUT2D eigenvalue weighted by atomic mass is 16.5. The molecule has 0 spiro atoms. The molecule has 2 N–H and O–H groups in total. The highest BCUT2D eigenvalue weighted by molar-refractivity contribution is 5.93. The molecule has 0 atom stereocenters. The number of carbonyl (C=O) groups excluding carboxylic acids is 1. The van der Waals surface area contributed by atoms with E-state index in [9.17, 15) is 4.79 Å². The Morgan fingerprint density at radius 1 is 1.47 bits per heavy atom. The van der Waals surface area contributed by atoms with Gasteiger partial charge in [0.05, 0.1) is 12.2 Å². The van der Waals surface area contributed by atoms with Gasteiger partial charge >= 0.3 is 0 Å². The van der Waals surface area contributed by atoms with Crippen LogP contribution in [0, 0.1) is 0 Å². The first-order chi connectivity index (χ1) is 8.27. The normalized spacial score (nSPS) is 9.71. The van der Waals surface area contributed by atoms with E-state index in [1.165, 1.54) is 0 Å². The molecule has 0 saturated heterocycles. The van der Waals surface area contributed by atoms with Gasteiger partial charge in [-0.05, 0) is 18.7 Å². The van der Waals surface area contributed by atoms with Gasteiger partial charge in [0.1, 0.15) is 12.4 Å². The summed E-state index contributed by atoms with van der Waals surface area (Å²) in [5.41, 5.74) is 0.678. The van der Waals surface area contributed by atoms with E-state index >= 15 is 0 Å². The molecule has 4 heteroatoms. The van der Waals surface area contributed by atoms with E-state index in [2.05, 4.69) is 17.2 Å². The van der Waals surface area contributed by atoms with Gasteiger partial charge in [-0.2, -0.15) is 0 Å². The topological polar surface area (TPSA) is 50.4 Å². The summed E-state index contributed by atoms with van der Waals surface area (Å²) in [5, 5.41) is 5.76. The minimum Gasteiger partial charge on any atom is -0.487 e. The first kappa shape index (κ1) is 13.3. The predicted octanol–water partition coefficient (Wildman–Crippen LogP) is 1.80. The molecule has 1 amide bonds. The molecule has 0 radical (unpaired) electrons. The minimum atomic E-state index is -0.0819. The van der Waals surface area contributed by atoms with Crippen molar-refractivity contribution in [2.24, 2.45) is 0 Å². The number of anilines is 1. The molecule has 1 aromatic carbocycles. The number of likely N-dealkylation sites (N-methyl/N-ethyl adjacent to an activating group) is 1. The summed E-state index contributed by atoms with van der Waals surface area (Å²) in [5.74, 6) is 0.568. The van der Waals surface area contributed by atoms with E-state index in [0.29, 0.717) is 24.6 Å². The molecule has 0 aliphatic rings. The maximum atomic E-state index is 11.5. The molecule has 0 aromatic heterocycles. The van der Waals surface area contributed by atoms with Crippen molar-refractivity contribution in [3.63, 3.8) is 0 Å². The highest BCUT2D eigenvalue weighted by Gasteiger charge is 2.06. The summed E-state index contributed by atoms with van der Waals surface area (Å²) in [6.07, 6.45) is 1.66. The van der Waals surface area contributed by atoms with Gasteiger partial charge in [0.15, 0.2) is 0 Å². The Kier molecular flexibility index (Phi) is 5.82. The van der Waals surface area contributed by atoms with Gasteiger partial charge in [-0.1, -0.05) is 31.7 Å². The van der Waals surface area contributed by atoms with Crippen LogP contribution in [-0.4, -0.2) is 25.6 Å². The zero-order valence-electron chi connectivity index (χ0n) is 10.0. The predicted molar refractivity (Wildman–Crippen MR) is 69.3 cm³/mol. The van der Waals surface area contributed by atoms with Gasteiger partial charge in [0, 0.05) is 0 Å². The third-order valence-electron chi connectivity index (χ3n) is 2.05. The Hall–Kier alpha value is -1.81. The van der Waals surface area contributed by atoms with Crippen molar-refractivity contribution in [1.29, 1.82) is 0 Å². The zero-order valence-corrected chi connectivity index (χ0v) is 10.0. The molecule has 0 aliphatic carbocycles. The Morgan fingerprint density at radius 2 is 2.24 bits per heavy atom. The van der Waals surface area contributed by atoms with Gasteiger partial charge in [-0.15, -0.1) is 0 Å². The molecule has 0 aliphatic heterocycles. The van der Waals surface area contributed by atoms with Gasteiger partial charge in [-0.3, -0.25) is 4.79 Å². The van der Waals surface area contributed by atoms with Crippen LogP contribution in [-0.2, 0) is 4.79 Å². The molecular weight excluding hydrogens is 216 g/mol. The number of para-hydroxylation sites is 2. The van der Waals surface area contributed by atoms with Crippen molar-refractivity contribution >= 4 is 11.6 Å².